The third-order valence-corrected chi connectivity index (χ3v) is 15.9. The standard InChI is InChI=1S/2C10H9.2CH3.Zr/c2*1-8-6-7-9-4-2-3-5-10(8)9;;;/h2*2-5,7-8H,1H3;2*1H3;. The zero-order valence-electron chi connectivity index (χ0n) is 14.4. The van der Waals surface area contributed by atoms with E-state index in [9.17, 15) is 0 Å². The molecule has 0 nitrogen and oxygen atoms in total. The fourth-order valence-corrected chi connectivity index (χ4v) is 14.0. The van der Waals surface area contributed by atoms with E-state index < -0.39 is 20.3 Å². The molecule has 23 heavy (non-hydrogen) atoms. The number of rotatable bonds is 2. The van der Waals surface area contributed by atoms with Crippen molar-refractivity contribution in [1.29, 1.82) is 0 Å². The number of hydrogen-bond donors (Lipinski definition) is 0. The van der Waals surface area contributed by atoms with Gasteiger partial charge < -0.3 is 0 Å². The van der Waals surface area contributed by atoms with Gasteiger partial charge in [-0.05, 0) is 0 Å². The predicted octanol–water partition coefficient (Wildman–Crippen LogP) is 6.55. The van der Waals surface area contributed by atoms with Crippen LogP contribution in [0.3, 0.4) is 0 Å². The summed E-state index contributed by atoms with van der Waals surface area (Å²) in [6, 6.07) is 17.9. The van der Waals surface area contributed by atoms with Crippen LogP contribution in [0.25, 0.3) is 12.2 Å². The van der Waals surface area contributed by atoms with Crippen molar-refractivity contribution in [3.63, 3.8) is 0 Å². The van der Waals surface area contributed by atoms with Gasteiger partial charge in [0.05, 0.1) is 0 Å². The van der Waals surface area contributed by atoms with E-state index in [1.165, 1.54) is 22.3 Å². The van der Waals surface area contributed by atoms with Gasteiger partial charge in [-0.25, -0.2) is 0 Å². The molecule has 0 N–H and O–H groups in total. The normalized spacial score (nSPS) is 22.4. The van der Waals surface area contributed by atoms with E-state index in [-0.39, 0.29) is 0 Å². The van der Waals surface area contributed by atoms with Crippen LogP contribution in [0.5, 0.6) is 0 Å². The minimum absolute atomic E-state index is 0.591. The van der Waals surface area contributed by atoms with E-state index in [2.05, 4.69) is 83.8 Å². The molecule has 2 aliphatic rings. The summed E-state index contributed by atoms with van der Waals surface area (Å²) >= 11 is -2.52. The zero-order valence-corrected chi connectivity index (χ0v) is 16.9. The number of hydrogen-bond acceptors (Lipinski definition) is 0. The first-order valence-corrected chi connectivity index (χ1v) is 16.0. The molecular formula is C22H24Zr. The zero-order chi connectivity index (χ0) is 16.2. The number of benzene rings is 2. The minimum atomic E-state index is -2.52. The van der Waals surface area contributed by atoms with Crippen LogP contribution in [0.1, 0.15) is 47.9 Å². The first-order chi connectivity index (χ1) is 11.0. The van der Waals surface area contributed by atoms with Crippen molar-refractivity contribution >= 4 is 12.2 Å². The van der Waals surface area contributed by atoms with Gasteiger partial charge in [0.1, 0.15) is 0 Å². The first-order valence-electron chi connectivity index (χ1n) is 8.62. The molecule has 0 saturated carbocycles. The summed E-state index contributed by atoms with van der Waals surface area (Å²) in [4.78, 5) is 0. The molecule has 0 heterocycles. The van der Waals surface area contributed by atoms with E-state index in [0.29, 0.717) is 11.8 Å². The molecule has 0 aromatic heterocycles. The Labute approximate surface area is 144 Å². The summed E-state index contributed by atoms with van der Waals surface area (Å²) in [5, 5.41) is 0. The summed E-state index contributed by atoms with van der Waals surface area (Å²) in [6.45, 7) is 4.81. The van der Waals surface area contributed by atoms with Gasteiger partial charge in [-0.2, -0.15) is 0 Å². The van der Waals surface area contributed by atoms with E-state index >= 15 is 0 Å². The Hall–Kier alpha value is -1.20. The van der Waals surface area contributed by atoms with Gasteiger partial charge in [0.2, 0.25) is 0 Å². The maximum absolute atomic E-state index is 2.61. The molecule has 0 radical (unpaired) electrons. The average molecular weight is 380 g/mol. The number of fused-ring (bicyclic) bond motifs is 2. The second kappa shape index (κ2) is 5.42. The molecule has 116 valence electrons. The summed E-state index contributed by atoms with van der Waals surface area (Å²) in [5.74, 6) is 1.18. The van der Waals surface area contributed by atoms with E-state index in [4.69, 9.17) is 0 Å². The molecule has 0 saturated heterocycles. The Kier molecular flexibility index (Phi) is 3.61. The molecule has 0 fully saturated rings. The van der Waals surface area contributed by atoms with Crippen molar-refractivity contribution in [2.45, 2.75) is 34.9 Å². The summed E-state index contributed by atoms with van der Waals surface area (Å²) in [5.41, 5.74) is 5.94. The average Bonchev–Trinajstić information content (AvgIpc) is 3.07. The Bertz CT molecular complexity index is 769. The van der Waals surface area contributed by atoms with Crippen LogP contribution in [-0.4, -0.2) is 0 Å². The quantitative estimate of drug-likeness (QED) is 0.555. The SMILES string of the molecule is CC1[C]([Zr]([CH3])([CH3])[C]2=Cc3ccccc3C2C)=Cc2ccccc21. The first kappa shape index (κ1) is 15.3. The predicted molar refractivity (Wildman–Crippen MR) is 97.4 cm³/mol. The maximum atomic E-state index is 2.61. The van der Waals surface area contributed by atoms with Gasteiger partial charge in [0.15, 0.2) is 0 Å². The molecule has 2 unspecified atom stereocenters. The van der Waals surface area contributed by atoms with Crippen molar-refractivity contribution in [2.24, 2.45) is 0 Å². The second-order valence-electron chi connectivity index (χ2n) is 7.53. The molecule has 2 atom stereocenters. The summed E-state index contributed by atoms with van der Waals surface area (Å²) in [7, 11) is 0. The van der Waals surface area contributed by atoms with Gasteiger partial charge >= 0.3 is 145 Å². The second-order valence-corrected chi connectivity index (χ2v) is 18.4. The van der Waals surface area contributed by atoms with Gasteiger partial charge in [0, 0.05) is 0 Å². The van der Waals surface area contributed by atoms with Crippen LogP contribution in [-0.2, 0) is 20.3 Å². The Morgan fingerprint density at radius 3 is 1.43 bits per heavy atom. The van der Waals surface area contributed by atoms with E-state index in [1.807, 2.05) is 0 Å². The van der Waals surface area contributed by atoms with Crippen LogP contribution >= 0.6 is 0 Å². The van der Waals surface area contributed by atoms with Crippen LogP contribution in [0.4, 0.5) is 0 Å². The molecule has 0 aliphatic heterocycles. The third kappa shape index (κ3) is 2.28. The van der Waals surface area contributed by atoms with Gasteiger partial charge in [-0.3, -0.25) is 0 Å². The molecule has 0 spiro atoms. The van der Waals surface area contributed by atoms with E-state index in [0.717, 1.165) is 0 Å². The van der Waals surface area contributed by atoms with Crippen molar-refractivity contribution in [2.75, 3.05) is 0 Å². The van der Waals surface area contributed by atoms with Crippen LogP contribution < -0.4 is 0 Å². The van der Waals surface area contributed by atoms with Crippen LogP contribution in [0.2, 0.25) is 9.26 Å². The molecular weight excluding hydrogens is 355 g/mol. The topological polar surface area (TPSA) is 0 Å². The summed E-state index contributed by atoms with van der Waals surface area (Å²) in [6.07, 6.45) is 5.04. The van der Waals surface area contributed by atoms with Gasteiger partial charge in [-0.15, -0.1) is 0 Å². The van der Waals surface area contributed by atoms with Crippen molar-refractivity contribution in [3.8, 4) is 0 Å². The van der Waals surface area contributed by atoms with Crippen molar-refractivity contribution in [1.82, 2.24) is 0 Å². The molecule has 2 aromatic rings. The third-order valence-electron chi connectivity index (χ3n) is 5.92. The molecule has 1 heteroatoms. The molecule has 2 aliphatic carbocycles. The Balaban J connectivity index is 1.76. The van der Waals surface area contributed by atoms with E-state index in [1.54, 1.807) is 6.56 Å². The molecule has 4 rings (SSSR count). The van der Waals surface area contributed by atoms with Gasteiger partial charge in [0.25, 0.3) is 0 Å². The Morgan fingerprint density at radius 1 is 0.652 bits per heavy atom. The molecule has 2 aromatic carbocycles. The fourth-order valence-electron chi connectivity index (χ4n) is 4.60. The Morgan fingerprint density at radius 2 is 1.04 bits per heavy atom. The van der Waals surface area contributed by atoms with Crippen molar-refractivity contribution < 1.29 is 20.3 Å². The van der Waals surface area contributed by atoms with Gasteiger partial charge in [-0.1, -0.05) is 0 Å². The molecule has 0 amide bonds. The van der Waals surface area contributed by atoms with Crippen molar-refractivity contribution in [3.05, 3.63) is 77.3 Å². The van der Waals surface area contributed by atoms with Crippen LogP contribution in [0.15, 0.2) is 55.1 Å². The van der Waals surface area contributed by atoms with Crippen LogP contribution in [0, 0.1) is 0 Å². The monoisotopic (exact) mass is 378 g/mol. The molecule has 0 bridgehead atoms. The number of allylic oxidation sites excluding steroid dienone is 2. The fraction of sp³-hybridized carbons (Fsp3) is 0.273. The summed E-state index contributed by atoms with van der Waals surface area (Å²) < 4.78 is 8.73.